The highest BCUT2D eigenvalue weighted by atomic mass is 16.5. The van der Waals surface area contributed by atoms with Gasteiger partial charge in [0.25, 0.3) is 0 Å². The van der Waals surface area contributed by atoms with E-state index < -0.39 is 0 Å². The van der Waals surface area contributed by atoms with Gasteiger partial charge in [-0.2, -0.15) is 0 Å². The molecule has 0 N–H and O–H groups in total. The summed E-state index contributed by atoms with van der Waals surface area (Å²) in [4.78, 5) is 19.6. The molecule has 4 rings (SSSR count). The Morgan fingerprint density at radius 2 is 1.97 bits per heavy atom. The lowest BCUT2D eigenvalue weighted by atomic mass is 10.1. The summed E-state index contributed by atoms with van der Waals surface area (Å²) in [7, 11) is 3.22. The smallest absolute Gasteiger partial charge is 0.227 e. The summed E-state index contributed by atoms with van der Waals surface area (Å²) in [6.07, 6.45) is 0.401. The number of carbonyl (C=O) groups is 1. The number of aromatic nitrogens is 2. The van der Waals surface area contributed by atoms with Gasteiger partial charge < -0.3 is 23.7 Å². The monoisotopic (exact) mass is 409 g/mol. The Bertz CT molecular complexity index is 1050. The van der Waals surface area contributed by atoms with Crippen molar-refractivity contribution in [3.8, 4) is 11.5 Å². The number of amides is 1. The molecule has 1 amide bonds. The average Bonchev–Trinajstić information content (AvgIpc) is 3.34. The van der Waals surface area contributed by atoms with Crippen LogP contribution in [0.25, 0.3) is 11.0 Å². The Hall–Kier alpha value is -3.06. The molecule has 1 aliphatic rings. The van der Waals surface area contributed by atoms with Crippen LogP contribution in [-0.2, 0) is 16.1 Å². The highest BCUT2D eigenvalue weighted by molar-refractivity contribution is 5.98. The summed E-state index contributed by atoms with van der Waals surface area (Å²) in [6.45, 7) is 4.52. The number of rotatable bonds is 8. The van der Waals surface area contributed by atoms with Gasteiger partial charge in [0.2, 0.25) is 5.91 Å². The van der Waals surface area contributed by atoms with E-state index in [-0.39, 0.29) is 11.8 Å². The topological polar surface area (TPSA) is 65.8 Å². The molecule has 1 aliphatic heterocycles. The molecule has 3 aromatic rings. The van der Waals surface area contributed by atoms with Gasteiger partial charge in [0, 0.05) is 38.1 Å². The van der Waals surface area contributed by atoms with E-state index in [1.54, 1.807) is 19.1 Å². The first kappa shape index (κ1) is 20.2. The fourth-order valence-electron chi connectivity index (χ4n) is 4.06. The van der Waals surface area contributed by atoms with Crippen LogP contribution in [-0.4, -0.2) is 49.4 Å². The number of imidazole rings is 1. The maximum atomic E-state index is 13.0. The quantitative estimate of drug-likeness (QED) is 0.532. The predicted molar refractivity (Wildman–Crippen MR) is 115 cm³/mol. The zero-order valence-electron chi connectivity index (χ0n) is 17.6. The second-order valence-electron chi connectivity index (χ2n) is 7.25. The van der Waals surface area contributed by atoms with Crippen molar-refractivity contribution in [1.29, 1.82) is 0 Å². The van der Waals surface area contributed by atoms with Crippen LogP contribution < -0.4 is 14.4 Å². The Morgan fingerprint density at radius 3 is 2.73 bits per heavy atom. The Morgan fingerprint density at radius 1 is 1.13 bits per heavy atom. The molecule has 0 unspecified atom stereocenters. The summed E-state index contributed by atoms with van der Waals surface area (Å²) in [5.41, 5.74) is 2.73. The fraction of sp³-hybridized carbons (Fsp3) is 0.391. The van der Waals surface area contributed by atoms with Crippen molar-refractivity contribution in [2.45, 2.75) is 25.8 Å². The summed E-state index contributed by atoms with van der Waals surface area (Å²) in [5.74, 6) is 2.30. The summed E-state index contributed by atoms with van der Waals surface area (Å²) >= 11 is 0. The lowest BCUT2D eigenvalue weighted by Gasteiger charge is -2.20. The molecule has 2 aromatic carbocycles. The van der Waals surface area contributed by atoms with Gasteiger partial charge in [0.15, 0.2) is 0 Å². The van der Waals surface area contributed by atoms with Crippen molar-refractivity contribution in [2.75, 3.05) is 38.9 Å². The van der Waals surface area contributed by atoms with Crippen LogP contribution in [0, 0.1) is 0 Å². The summed E-state index contributed by atoms with van der Waals surface area (Å²) < 4.78 is 18.6. The molecule has 1 aromatic heterocycles. The van der Waals surface area contributed by atoms with Gasteiger partial charge in [-0.05, 0) is 31.2 Å². The zero-order chi connectivity index (χ0) is 21.1. The minimum absolute atomic E-state index is 0.0116. The largest absolute Gasteiger partial charge is 0.497 e. The van der Waals surface area contributed by atoms with Gasteiger partial charge in [-0.1, -0.05) is 12.1 Å². The van der Waals surface area contributed by atoms with Gasteiger partial charge in [-0.25, -0.2) is 4.98 Å². The number of nitrogens with zero attached hydrogens (tertiary/aromatic N) is 3. The first-order valence-electron chi connectivity index (χ1n) is 10.2. The first-order valence-corrected chi connectivity index (χ1v) is 10.2. The summed E-state index contributed by atoms with van der Waals surface area (Å²) in [5, 5.41) is 0. The van der Waals surface area contributed by atoms with E-state index in [1.165, 1.54) is 0 Å². The van der Waals surface area contributed by atoms with Crippen molar-refractivity contribution >= 4 is 22.6 Å². The number of methoxy groups -OCH3 is 2. The van der Waals surface area contributed by atoms with Gasteiger partial charge in [-0.3, -0.25) is 4.79 Å². The minimum Gasteiger partial charge on any atom is -0.497 e. The third-order valence-electron chi connectivity index (χ3n) is 5.51. The van der Waals surface area contributed by atoms with Crippen LogP contribution >= 0.6 is 0 Å². The second-order valence-corrected chi connectivity index (χ2v) is 7.25. The maximum absolute atomic E-state index is 13.0. The molecule has 0 bridgehead atoms. The number of hydrogen-bond acceptors (Lipinski definition) is 5. The number of carbonyl (C=O) groups excluding carboxylic acids is 1. The molecule has 0 aliphatic carbocycles. The number of ether oxygens (including phenoxy) is 3. The van der Waals surface area contributed by atoms with Gasteiger partial charge in [0.1, 0.15) is 17.3 Å². The van der Waals surface area contributed by atoms with E-state index in [4.69, 9.17) is 19.2 Å². The van der Waals surface area contributed by atoms with E-state index in [2.05, 4.69) is 10.6 Å². The molecule has 0 saturated carbocycles. The Labute approximate surface area is 176 Å². The molecule has 0 radical (unpaired) electrons. The average molecular weight is 409 g/mol. The molecular weight excluding hydrogens is 382 g/mol. The molecule has 1 atom stereocenters. The van der Waals surface area contributed by atoms with E-state index in [1.807, 2.05) is 43.3 Å². The Balaban J connectivity index is 1.68. The second kappa shape index (κ2) is 8.75. The molecule has 0 spiro atoms. The normalized spacial score (nSPS) is 16.4. The zero-order valence-corrected chi connectivity index (χ0v) is 17.6. The van der Waals surface area contributed by atoms with Crippen LogP contribution in [0.4, 0.5) is 5.69 Å². The molecule has 7 nitrogen and oxygen atoms in total. The standard InChI is InChI=1S/C23H27N3O4/c1-4-30-12-11-25-19-8-6-5-7-18(19)24-23(25)16-13-22(27)26(15-16)20-14-17(28-2)9-10-21(20)29-3/h5-10,14,16H,4,11-13,15H2,1-3H3/t16-/m0/s1. The van der Waals surface area contributed by atoms with Crippen LogP contribution in [0.5, 0.6) is 11.5 Å². The molecule has 7 heteroatoms. The van der Waals surface area contributed by atoms with Crippen molar-refractivity contribution in [3.05, 3.63) is 48.3 Å². The molecule has 1 fully saturated rings. The number of benzene rings is 2. The number of hydrogen-bond donors (Lipinski definition) is 0. The van der Waals surface area contributed by atoms with E-state index >= 15 is 0 Å². The van der Waals surface area contributed by atoms with E-state index in [0.29, 0.717) is 44.2 Å². The fourth-order valence-corrected chi connectivity index (χ4v) is 4.06. The number of para-hydroxylation sites is 2. The third kappa shape index (κ3) is 3.73. The van der Waals surface area contributed by atoms with Gasteiger partial charge >= 0.3 is 0 Å². The number of fused-ring (bicyclic) bond motifs is 1. The number of anilines is 1. The SMILES string of the molecule is CCOCCn1c([C@H]2CC(=O)N(c3cc(OC)ccc3OC)C2)nc2ccccc21. The Kier molecular flexibility index (Phi) is 5.90. The molecule has 158 valence electrons. The highest BCUT2D eigenvalue weighted by Gasteiger charge is 2.36. The van der Waals surface area contributed by atoms with Crippen LogP contribution in [0.1, 0.15) is 25.1 Å². The van der Waals surface area contributed by atoms with Crippen molar-refractivity contribution in [1.82, 2.24) is 9.55 Å². The minimum atomic E-state index is -0.0116. The van der Waals surface area contributed by atoms with Gasteiger partial charge in [0.05, 0.1) is 37.5 Å². The van der Waals surface area contributed by atoms with Crippen LogP contribution in [0.2, 0.25) is 0 Å². The van der Waals surface area contributed by atoms with Gasteiger partial charge in [-0.15, -0.1) is 0 Å². The first-order chi connectivity index (χ1) is 14.7. The summed E-state index contributed by atoms with van der Waals surface area (Å²) in [6, 6.07) is 13.6. The van der Waals surface area contributed by atoms with Crippen LogP contribution in [0.3, 0.4) is 0 Å². The predicted octanol–water partition coefficient (Wildman–Crippen LogP) is 3.61. The molecule has 30 heavy (non-hydrogen) atoms. The van der Waals surface area contributed by atoms with Crippen molar-refractivity contribution < 1.29 is 19.0 Å². The van der Waals surface area contributed by atoms with E-state index in [0.717, 1.165) is 22.5 Å². The molecule has 1 saturated heterocycles. The molecular formula is C23H27N3O4. The lowest BCUT2D eigenvalue weighted by Crippen LogP contribution is -2.25. The molecule has 2 heterocycles. The maximum Gasteiger partial charge on any atom is 0.227 e. The third-order valence-corrected chi connectivity index (χ3v) is 5.51. The lowest BCUT2D eigenvalue weighted by molar-refractivity contribution is -0.117. The van der Waals surface area contributed by atoms with Crippen LogP contribution in [0.15, 0.2) is 42.5 Å². The highest BCUT2D eigenvalue weighted by Crippen LogP contribution is 2.39. The van der Waals surface area contributed by atoms with Crippen molar-refractivity contribution in [2.24, 2.45) is 0 Å². The van der Waals surface area contributed by atoms with E-state index in [9.17, 15) is 4.79 Å². The van der Waals surface area contributed by atoms with Crippen molar-refractivity contribution in [3.63, 3.8) is 0 Å².